The molecule has 0 unspecified atom stereocenters. The molecule has 3 N–H and O–H groups in total. The highest BCUT2D eigenvalue weighted by Crippen LogP contribution is 2.49. The van der Waals surface area contributed by atoms with Crippen LogP contribution in [0.2, 0.25) is 0 Å². The van der Waals surface area contributed by atoms with Gasteiger partial charge in [-0.15, -0.1) is 5.10 Å². The van der Waals surface area contributed by atoms with Gasteiger partial charge in [-0.3, -0.25) is 5.10 Å². The van der Waals surface area contributed by atoms with Gasteiger partial charge in [0.1, 0.15) is 11.6 Å². The molecule has 0 spiro atoms. The molecule has 1 aliphatic heterocycles. The predicted octanol–water partition coefficient (Wildman–Crippen LogP) is 3.73. The lowest BCUT2D eigenvalue weighted by atomic mass is 9.82. The van der Waals surface area contributed by atoms with E-state index >= 15 is 0 Å². The van der Waals surface area contributed by atoms with Gasteiger partial charge in [-0.25, -0.2) is 0 Å². The van der Waals surface area contributed by atoms with Gasteiger partial charge in [-0.1, -0.05) is 0 Å². The number of nitriles is 1. The van der Waals surface area contributed by atoms with Crippen LogP contribution in [-0.2, 0) is 0 Å². The SMILES string of the molecule is CCOc1ccc(-c2[nH]nc3c2[C@H](c2cc(OC)c(OC)c(OC)c2)C(C#N)=C(N)O3)cc1OC. The molecule has 10 heteroatoms. The van der Waals surface area contributed by atoms with Gasteiger partial charge >= 0.3 is 0 Å². The van der Waals surface area contributed by atoms with Crippen LogP contribution in [0.1, 0.15) is 24.0 Å². The van der Waals surface area contributed by atoms with Crippen molar-refractivity contribution in [1.82, 2.24) is 10.2 Å². The summed E-state index contributed by atoms with van der Waals surface area (Å²) in [4.78, 5) is 0. The van der Waals surface area contributed by atoms with E-state index in [1.54, 1.807) is 19.2 Å². The van der Waals surface area contributed by atoms with Crippen molar-refractivity contribution >= 4 is 0 Å². The number of rotatable bonds is 8. The van der Waals surface area contributed by atoms with E-state index in [-0.39, 0.29) is 17.3 Å². The largest absolute Gasteiger partial charge is 0.493 e. The molecule has 0 aliphatic carbocycles. The number of aromatic amines is 1. The standard InChI is InChI=1S/C25H26N4O6/c1-6-34-16-8-7-13(9-17(16)30-2)22-21-20(15(12-26)24(27)35-25(21)29-28-22)14-10-18(31-3)23(33-5)19(11-14)32-4/h7-11,20H,6,27H2,1-5H3,(H,28,29)/t20-/m1/s1. The van der Waals surface area contributed by atoms with Crippen LogP contribution >= 0.6 is 0 Å². The number of aromatic nitrogens is 2. The predicted molar refractivity (Wildman–Crippen MR) is 127 cm³/mol. The number of nitrogens with one attached hydrogen (secondary N) is 1. The molecule has 2 aromatic carbocycles. The van der Waals surface area contributed by atoms with E-state index in [2.05, 4.69) is 16.3 Å². The molecule has 182 valence electrons. The van der Waals surface area contributed by atoms with Gasteiger partial charge in [-0.2, -0.15) is 5.26 Å². The summed E-state index contributed by atoms with van der Waals surface area (Å²) in [7, 11) is 6.16. The smallest absolute Gasteiger partial charge is 0.244 e. The minimum atomic E-state index is -0.622. The van der Waals surface area contributed by atoms with E-state index in [1.807, 2.05) is 25.1 Å². The van der Waals surface area contributed by atoms with Gasteiger partial charge in [0, 0.05) is 5.56 Å². The van der Waals surface area contributed by atoms with Crippen LogP contribution in [0.5, 0.6) is 34.6 Å². The van der Waals surface area contributed by atoms with E-state index in [1.165, 1.54) is 21.3 Å². The molecule has 0 radical (unpaired) electrons. The van der Waals surface area contributed by atoms with E-state index < -0.39 is 5.92 Å². The first-order valence-electron chi connectivity index (χ1n) is 10.8. The van der Waals surface area contributed by atoms with Crippen LogP contribution in [0.3, 0.4) is 0 Å². The monoisotopic (exact) mass is 478 g/mol. The molecule has 10 nitrogen and oxygen atoms in total. The van der Waals surface area contributed by atoms with Crippen molar-refractivity contribution in [2.45, 2.75) is 12.8 Å². The fraction of sp³-hybridized carbons (Fsp3) is 0.280. The summed E-state index contributed by atoms with van der Waals surface area (Å²) >= 11 is 0. The molecular weight excluding hydrogens is 452 g/mol. The molecule has 1 atom stereocenters. The summed E-state index contributed by atoms with van der Waals surface area (Å²) in [6.07, 6.45) is 0. The number of hydrogen-bond acceptors (Lipinski definition) is 9. The highest BCUT2D eigenvalue weighted by Gasteiger charge is 2.37. The number of hydrogen-bond donors (Lipinski definition) is 2. The molecule has 3 aromatic rings. The summed E-state index contributed by atoms with van der Waals surface area (Å²) in [6.45, 7) is 2.40. The van der Waals surface area contributed by atoms with E-state index in [0.717, 1.165) is 5.56 Å². The Morgan fingerprint density at radius 1 is 1.00 bits per heavy atom. The third-order valence-corrected chi connectivity index (χ3v) is 5.71. The zero-order valence-corrected chi connectivity index (χ0v) is 20.1. The molecule has 1 aliphatic rings. The molecule has 0 saturated carbocycles. The fourth-order valence-electron chi connectivity index (χ4n) is 4.16. The second-order valence-corrected chi connectivity index (χ2v) is 7.50. The first kappa shape index (κ1) is 23.6. The number of methoxy groups -OCH3 is 4. The normalized spacial score (nSPS) is 14.5. The Bertz CT molecular complexity index is 1300. The molecule has 1 aromatic heterocycles. The maximum atomic E-state index is 10.0. The van der Waals surface area contributed by atoms with Crippen molar-refractivity contribution < 1.29 is 28.4 Å². The minimum Gasteiger partial charge on any atom is -0.493 e. The number of ether oxygens (including phenoxy) is 6. The molecular formula is C25H26N4O6. The van der Waals surface area contributed by atoms with Crippen LogP contribution in [0.25, 0.3) is 11.3 Å². The second-order valence-electron chi connectivity index (χ2n) is 7.50. The zero-order chi connectivity index (χ0) is 25.1. The zero-order valence-electron chi connectivity index (χ0n) is 20.1. The molecule has 0 fully saturated rings. The van der Waals surface area contributed by atoms with Crippen molar-refractivity contribution in [2.24, 2.45) is 5.73 Å². The van der Waals surface area contributed by atoms with Gasteiger partial charge in [0.25, 0.3) is 0 Å². The molecule has 0 bridgehead atoms. The molecule has 0 amide bonds. The average molecular weight is 479 g/mol. The van der Waals surface area contributed by atoms with Gasteiger partial charge in [0.2, 0.25) is 17.5 Å². The molecule has 35 heavy (non-hydrogen) atoms. The lowest BCUT2D eigenvalue weighted by Crippen LogP contribution is -2.21. The number of nitrogens with zero attached hydrogens (tertiary/aromatic N) is 2. The van der Waals surface area contributed by atoms with E-state index in [0.29, 0.717) is 52.2 Å². The average Bonchev–Trinajstić information content (AvgIpc) is 3.30. The number of nitrogens with two attached hydrogens (primary N) is 1. The minimum absolute atomic E-state index is 0.0268. The number of benzene rings is 2. The molecule has 0 saturated heterocycles. The number of allylic oxidation sites excluding steroid dienone is 1. The summed E-state index contributed by atoms with van der Waals surface area (Å²) in [5.41, 5.74) is 9.08. The summed E-state index contributed by atoms with van der Waals surface area (Å²) < 4.78 is 33.4. The van der Waals surface area contributed by atoms with Crippen molar-refractivity contribution in [3.8, 4) is 52.0 Å². The van der Waals surface area contributed by atoms with Crippen molar-refractivity contribution in [2.75, 3.05) is 35.0 Å². The van der Waals surface area contributed by atoms with Crippen LogP contribution in [-0.4, -0.2) is 45.2 Å². The Hall–Kier alpha value is -4.52. The van der Waals surface area contributed by atoms with E-state index in [9.17, 15) is 5.26 Å². The Morgan fingerprint density at radius 3 is 2.26 bits per heavy atom. The summed E-state index contributed by atoms with van der Waals surface area (Å²) in [5, 5.41) is 17.4. The Kier molecular flexibility index (Phi) is 6.59. The Labute approximate surface area is 202 Å². The van der Waals surface area contributed by atoms with Crippen molar-refractivity contribution in [3.05, 3.63) is 52.9 Å². The van der Waals surface area contributed by atoms with Crippen LogP contribution in [0, 0.1) is 11.3 Å². The summed E-state index contributed by atoms with van der Waals surface area (Å²) in [6, 6.07) is 11.3. The van der Waals surface area contributed by atoms with Crippen molar-refractivity contribution in [1.29, 1.82) is 5.26 Å². The third-order valence-electron chi connectivity index (χ3n) is 5.71. The molecule has 2 heterocycles. The quantitative estimate of drug-likeness (QED) is 0.497. The van der Waals surface area contributed by atoms with Gasteiger partial charge in [-0.05, 0) is 42.8 Å². The maximum Gasteiger partial charge on any atom is 0.244 e. The Balaban J connectivity index is 1.94. The first-order valence-corrected chi connectivity index (χ1v) is 10.8. The van der Waals surface area contributed by atoms with Crippen LogP contribution in [0.4, 0.5) is 0 Å². The lowest BCUT2D eigenvalue weighted by Gasteiger charge is -2.25. The Morgan fingerprint density at radius 2 is 1.69 bits per heavy atom. The van der Waals surface area contributed by atoms with Gasteiger partial charge in [0.05, 0.1) is 52.2 Å². The summed E-state index contributed by atoms with van der Waals surface area (Å²) in [5.74, 6) is 2.12. The number of fused-ring (bicyclic) bond motifs is 1. The van der Waals surface area contributed by atoms with Crippen LogP contribution < -0.4 is 34.2 Å². The van der Waals surface area contributed by atoms with Crippen molar-refractivity contribution in [3.63, 3.8) is 0 Å². The maximum absolute atomic E-state index is 10.0. The van der Waals surface area contributed by atoms with E-state index in [4.69, 9.17) is 34.2 Å². The topological polar surface area (TPSA) is 134 Å². The molecule has 4 rings (SSSR count). The third kappa shape index (κ3) is 4.01. The van der Waals surface area contributed by atoms with Gasteiger partial charge in [0.15, 0.2) is 23.0 Å². The van der Waals surface area contributed by atoms with Crippen LogP contribution in [0.15, 0.2) is 41.8 Å². The van der Waals surface area contributed by atoms with Gasteiger partial charge < -0.3 is 34.2 Å². The highest BCUT2D eigenvalue weighted by atomic mass is 16.5. The fourth-order valence-corrected chi connectivity index (χ4v) is 4.16. The first-order chi connectivity index (χ1) is 17.0. The lowest BCUT2D eigenvalue weighted by molar-refractivity contribution is 0.311. The second kappa shape index (κ2) is 9.77. The highest BCUT2D eigenvalue weighted by molar-refractivity contribution is 5.73. The number of H-pyrrole nitrogens is 1.